The number of unbranched alkanes of at least 4 members (excludes halogenated alkanes) is 2. The quantitative estimate of drug-likeness (QED) is 0.255. The number of oxazole rings is 1. The van der Waals surface area contributed by atoms with Gasteiger partial charge in [0.2, 0.25) is 17.7 Å². The topological polar surface area (TPSA) is 123 Å². The van der Waals surface area contributed by atoms with Gasteiger partial charge in [-0.1, -0.05) is 38.0 Å². The molecule has 1 atom stereocenters. The van der Waals surface area contributed by atoms with Crippen molar-refractivity contribution >= 4 is 22.6 Å². The second-order valence-corrected chi connectivity index (χ2v) is 8.67. The number of nitrogens with zero attached hydrogens (tertiary/aromatic N) is 3. The fourth-order valence-electron chi connectivity index (χ4n) is 4.08. The molecule has 0 aliphatic heterocycles. The van der Waals surface area contributed by atoms with Crippen molar-refractivity contribution in [2.24, 2.45) is 0 Å². The highest BCUT2D eigenvalue weighted by molar-refractivity contribution is 5.85. The first-order chi connectivity index (χ1) is 17.6. The third-order valence-corrected chi connectivity index (χ3v) is 6.05. The lowest BCUT2D eigenvalue weighted by Gasteiger charge is -2.16. The van der Waals surface area contributed by atoms with Gasteiger partial charge >= 0.3 is 0 Å². The van der Waals surface area contributed by atoms with Gasteiger partial charge in [-0.3, -0.25) is 9.59 Å². The Kier molecular flexibility index (Phi) is 8.44. The van der Waals surface area contributed by atoms with E-state index in [-0.39, 0.29) is 18.1 Å². The first-order valence-corrected chi connectivity index (χ1v) is 12.3. The molecule has 4 rings (SSSR count). The number of ether oxygens (including phenoxy) is 1. The molecule has 3 aromatic heterocycles. The number of pyridine rings is 1. The van der Waals surface area contributed by atoms with E-state index in [9.17, 15) is 9.59 Å². The SMILES string of the molecule is CCC(=O)CCCCCC(NC(=O)Cc1cnc[nH]1)c1ncc(-c2cc3ccccc3nc2OC)o1. The molecule has 188 valence electrons. The summed E-state index contributed by atoms with van der Waals surface area (Å²) in [6.45, 7) is 1.88. The fraction of sp³-hybridized carbons (Fsp3) is 0.370. The number of carbonyl (C=O) groups excluding carboxylic acids is 2. The van der Waals surface area contributed by atoms with E-state index in [4.69, 9.17) is 9.15 Å². The summed E-state index contributed by atoms with van der Waals surface area (Å²) < 4.78 is 11.7. The van der Waals surface area contributed by atoms with Gasteiger partial charge in [0, 0.05) is 30.1 Å². The summed E-state index contributed by atoms with van der Waals surface area (Å²) in [4.78, 5) is 40.3. The van der Waals surface area contributed by atoms with E-state index in [1.165, 1.54) is 0 Å². The average Bonchev–Trinajstić information content (AvgIpc) is 3.59. The monoisotopic (exact) mass is 489 g/mol. The lowest BCUT2D eigenvalue weighted by atomic mass is 10.0. The molecule has 1 amide bonds. The number of nitrogens with one attached hydrogen (secondary N) is 2. The molecule has 1 aromatic carbocycles. The van der Waals surface area contributed by atoms with Crippen LogP contribution in [0.2, 0.25) is 0 Å². The van der Waals surface area contributed by atoms with Gasteiger partial charge in [-0.05, 0) is 25.0 Å². The number of ketones is 1. The molecule has 0 aliphatic carbocycles. The molecule has 0 fully saturated rings. The van der Waals surface area contributed by atoms with Crippen molar-refractivity contribution in [1.29, 1.82) is 0 Å². The molecule has 9 heteroatoms. The van der Waals surface area contributed by atoms with Crippen LogP contribution in [0.1, 0.15) is 63.1 Å². The number of imidazole rings is 1. The van der Waals surface area contributed by atoms with Gasteiger partial charge in [0.05, 0.1) is 37.1 Å². The van der Waals surface area contributed by atoms with Gasteiger partial charge in [0.25, 0.3) is 0 Å². The van der Waals surface area contributed by atoms with Gasteiger partial charge in [-0.2, -0.15) is 0 Å². The Balaban J connectivity index is 1.52. The Morgan fingerprint density at radius 1 is 1.17 bits per heavy atom. The van der Waals surface area contributed by atoms with E-state index in [1.54, 1.807) is 25.8 Å². The number of Topliss-reactive ketones (excluding diaryl/α,β-unsaturated/α-hetero) is 1. The first-order valence-electron chi connectivity index (χ1n) is 12.3. The molecule has 4 aromatic rings. The molecule has 3 heterocycles. The summed E-state index contributed by atoms with van der Waals surface area (Å²) in [6.07, 6.45) is 9.32. The van der Waals surface area contributed by atoms with Crippen LogP contribution in [0.5, 0.6) is 5.88 Å². The minimum absolute atomic E-state index is 0.157. The van der Waals surface area contributed by atoms with Crippen LogP contribution >= 0.6 is 0 Å². The average molecular weight is 490 g/mol. The number of aromatic nitrogens is 4. The molecule has 0 spiro atoms. The zero-order valence-corrected chi connectivity index (χ0v) is 20.6. The van der Waals surface area contributed by atoms with Crippen molar-refractivity contribution in [3.63, 3.8) is 0 Å². The smallest absolute Gasteiger partial charge is 0.226 e. The van der Waals surface area contributed by atoms with Crippen molar-refractivity contribution in [3.8, 4) is 17.2 Å². The maximum Gasteiger partial charge on any atom is 0.226 e. The number of hydrogen-bond donors (Lipinski definition) is 2. The van der Waals surface area contributed by atoms with E-state index in [2.05, 4.69) is 25.3 Å². The molecule has 0 aliphatic rings. The summed E-state index contributed by atoms with van der Waals surface area (Å²) in [5, 5.41) is 4.00. The zero-order valence-electron chi connectivity index (χ0n) is 20.6. The lowest BCUT2D eigenvalue weighted by Crippen LogP contribution is -2.30. The molecule has 36 heavy (non-hydrogen) atoms. The second kappa shape index (κ2) is 12.1. The van der Waals surface area contributed by atoms with Crippen molar-refractivity contribution in [2.45, 2.75) is 57.9 Å². The van der Waals surface area contributed by atoms with E-state index in [0.29, 0.717) is 42.4 Å². The first kappa shape index (κ1) is 25.1. The maximum atomic E-state index is 12.7. The summed E-state index contributed by atoms with van der Waals surface area (Å²) in [7, 11) is 1.57. The minimum Gasteiger partial charge on any atom is -0.480 e. The van der Waals surface area contributed by atoms with Gasteiger partial charge in [-0.25, -0.2) is 15.0 Å². The molecule has 0 saturated heterocycles. The second-order valence-electron chi connectivity index (χ2n) is 8.67. The van der Waals surface area contributed by atoms with Crippen molar-refractivity contribution < 1.29 is 18.7 Å². The third-order valence-electron chi connectivity index (χ3n) is 6.05. The van der Waals surface area contributed by atoms with Gasteiger partial charge in [-0.15, -0.1) is 0 Å². The highest BCUT2D eigenvalue weighted by Crippen LogP contribution is 2.33. The predicted octanol–water partition coefficient (Wildman–Crippen LogP) is 4.95. The van der Waals surface area contributed by atoms with E-state index < -0.39 is 6.04 Å². The molecular weight excluding hydrogens is 458 g/mol. The van der Waals surface area contributed by atoms with Crippen LogP contribution in [0.15, 0.2) is 53.5 Å². The fourth-order valence-corrected chi connectivity index (χ4v) is 4.08. The highest BCUT2D eigenvalue weighted by Gasteiger charge is 2.22. The number of benzene rings is 1. The molecule has 0 saturated carbocycles. The van der Waals surface area contributed by atoms with E-state index in [0.717, 1.165) is 35.9 Å². The molecule has 2 N–H and O–H groups in total. The van der Waals surface area contributed by atoms with Crippen molar-refractivity contribution in [3.05, 3.63) is 60.6 Å². The maximum absolute atomic E-state index is 12.7. The Morgan fingerprint density at radius 3 is 2.81 bits per heavy atom. The summed E-state index contributed by atoms with van der Waals surface area (Å²) in [5.41, 5.74) is 2.24. The number of rotatable bonds is 13. The summed E-state index contributed by atoms with van der Waals surface area (Å²) >= 11 is 0. The Labute approximate surface area is 209 Å². The predicted molar refractivity (Wildman–Crippen MR) is 135 cm³/mol. The van der Waals surface area contributed by atoms with Crippen molar-refractivity contribution in [2.75, 3.05) is 7.11 Å². The Morgan fingerprint density at radius 2 is 2.03 bits per heavy atom. The number of carbonyl (C=O) groups is 2. The number of H-pyrrole nitrogens is 1. The van der Waals surface area contributed by atoms with Crippen LogP contribution < -0.4 is 10.1 Å². The molecular formula is C27H31N5O4. The van der Waals surface area contributed by atoms with Crippen molar-refractivity contribution in [1.82, 2.24) is 25.3 Å². The van der Waals surface area contributed by atoms with Gasteiger partial charge < -0.3 is 19.5 Å². The normalized spacial score (nSPS) is 11.9. The number of aromatic amines is 1. The van der Waals surface area contributed by atoms with Crippen LogP contribution in [0.25, 0.3) is 22.2 Å². The number of amides is 1. The van der Waals surface area contributed by atoms with Crippen LogP contribution in [-0.2, 0) is 16.0 Å². The van der Waals surface area contributed by atoms with Gasteiger partial charge in [0.15, 0.2) is 5.76 Å². The van der Waals surface area contributed by atoms with Crippen LogP contribution in [0.3, 0.4) is 0 Å². The summed E-state index contributed by atoms with van der Waals surface area (Å²) in [6, 6.07) is 9.33. The lowest BCUT2D eigenvalue weighted by molar-refractivity contribution is -0.121. The molecule has 9 nitrogen and oxygen atoms in total. The van der Waals surface area contributed by atoms with E-state index >= 15 is 0 Å². The standard InChI is InChI=1S/C27H31N5O4/c1-3-20(33)10-5-4-6-12-23(31-25(34)14-19-15-28-17-30-19)27-29-16-24(36-27)21-13-18-9-7-8-11-22(18)32-26(21)35-2/h7-9,11,13,15-17,23H,3-6,10,12,14H2,1-2H3,(H,28,30)(H,31,34). The molecule has 0 radical (unpaired) electrons. The number of para-hydroxylation sites is 1. The number of fused-ring (bicyclic) bond motifs is 1. The molecule has 0 bridgehead atoms. The van der Waals surface area contributed by atoms with Gasteiger partial charge in [0.1, 0.15) is 11.8 Å². The zero-order chi connectivity index (χ0) is 25.3. The van der Waals surface area contributed by atoms with E-state index in [1.807, 2.05) is 37.3 Å². The Bertz CT molecular complexity index is 1300. The summed E-state index contributed by atoms with van der Waals surface area (Å²) in [5.74, 6) is 1.49. The number of hydrogen-bond acceptors (Lipinski definition) is 7. The Hall–Kier alpha value is -4.01. The minimum atomic E-state index is -0.407. The molecule has 1 unspecified atom stereocenters. The largest absolute Gasteiger partial charge is 0.480 e. The van der Waals surface area contributed by atoms with Crippen LogP contribution in [0, 0.1) is 0 Å². The highest BCUT2D eigenvalue weighted by atomic mass is 16.5. The number of methoxy groups -OCH3 is 1. The van der Waals surface area contributed by atoms with Crippen LogP contribution in [0.4, 0.5) is 0 Å². The third kappa shape index (κ3) is 6.35. The van der Waals surface area contributed by atoms with Crippen LogP contribution in [-0.4, -0.2) is 38.7 Å².